The quantitative estimate of drug-likeness (QED) is 0.653. The van der Waals surface area contributed by atoms with Crippen molar-refractivity contribution in [2.75, 3.05) is 20.1 Å². The molecule has 0 spiro atoms. The van der Waals surface area contributed by atoms with Gasteiger partial charge in [0.25, 0.3) is 0 Å². The van der Waals surface area contributed by atoms with Gasteiger partial charge in [0.2, 0.25) is 10.0 Å². The number of aromatic nitrogens is 2. The molecule has 7 heteroatoms. The summed E-state index contributed by atoms with van der Waals surface area (Å²) in [6, 6.07) is 0. The van der Waals surface area contributed by atoms with Crippen LogP contribution in [0.4, 0.5) is 0 Å². The van der Waals surface area contributed by atoms with Crippen molar-refractivity contribution in [3.8, 4) is 0 Å². The molecule has 0 aromatic carbocycles. The Bertz CT molecular complexity index is 413. The summed E-state index contributed by atoms with van der Waals surface area (Å²) in [5.41, 5.74) is 0. The van der Waals surface area contributed by atoms with E-state index in [4.69, 9.17) is 0 Å². The van der Waals surface area contributed by atoms with Crippen LogP contribution >= 0.6 is 0 Å². The van der Waals surface area contributed by atoms with Crippen molar-refractivity contribution in [1.82, 2.24) is 19.8 Å². The Labute approximate surface area is 96.1 Å². The normalized spacial score (nSPS) is 11.9. The molecule has 16 heavy (non-hydrogen) atoms. The highest BCUT2D eigenvalue weighted by Crippen LogP contribution is 2.05. The minimum Gasteiger partial charge on any atom is -0.315 e. The first-order valence-electron chi connectivity index (χ1n) is 5.27. The van der Waals surface area contributed by atoms with Gasteiger partial charge < -0.3 is 5.32 Å². The molecule has 1 heterocycles. The molecule has 0 fully saturated rings. The number of hydrogen-bond donors (Lipinski definition) is 2. The van der Waals surface area contributed by atoms with E-state index in [9.17, 15) is 8.42 Å². The Morgan fingerprint density at radius 1 is 1.44 bits per heavy atom. The van der Waals surface area contributed by atoms with E-state index < -0.39 is 10.0 Å². The molecule has 0 bridgehead atoms. The van der Waals surface area contributed by atoms with Crippen LogP contribution in [0.15, 0.2) is 17.3 Å². The van der Waals surface area contributed by atoms with Crippen LogP contribution in [0.25, 0.3) is 0 Å². The molecule has 0 radical (unpaired) electrons. The van der Waals surface area contributed by atoms with Gasteiger partial charge in [0, 0.05) is 12.7 Å². The lowest BCUT2D eigenvalue weighted by atomic mass is 10.5. The van der Waals surface area contributed by atoms with Crippen LogP contribution in [0.1, 0.15) is 13.3 Å². The summed E-state index contributed by atoms with van der Waals surface area (Å²) in [4.78, 5) is 0.200. The van der Waals surface area contributed by atoms with Crippen LogP contribution in [0.2, 0.25) is 0 Å². The molecule has 0 saturated heterocycles. The molecule has 1 aromatic heterocycles. The van der Waals surface area contributed by atoms with Gasteiger partial charge >= 0.3 is 0 Å². The molecule has 0 amide bonds. The van der Waals surface area contributed by atoms with E-state index in [2.05, 4.69) is 22.1 Å². The van der Waals surface area contributed by atoms with E-state index in [-0.39, 0.29) is 4.90 Å². The van der Waals surface area contributed by atoms with Gasteiger partial charge in [0.15, 0.2) is 0 Å². The fourth-order valence-corrected chi connectivity index (χ4v) is 1.90. The molecule has 0 atom stereocenters. The smallest absolute Gasteiger partial charge is 0.243 e. The number of rotatable bonds is 7. The standard InChI is InChI=1S/C9H18N4O2S/c1-3-4-11-5-6-13-8-9(7-12-13)16(14,15)10-2/h7-8,10-11H,3-6H2,1-2H3. The predicted molar refractivity (Wildman–Crippen MR) is 61.6 cm³/mol. The number of sulfonamides is 1. The van der Waals surface area contributed by atoms with E-state index in [1.165, 1.54) is 19.4 Å². The third-order valence-corrected chi connectivity index (χ3v) is 3.50. The van der Waals surface area contributed by atoms with Crippen molar-refractivity contribution in [3.05, 3.63) is 12.4 Å². The molecule has 1 aromatic rings. The molecule has 0 unspecified atom stereocenters. The zero-order chi connectivity index (χ0) is 12.0. The Hall–Kier alpha value is -0.920. The van der Waals surface area contributed by atoms with Crippen LogP contribution in [-0.2, 0) is 16.6 Å². The van der Waals surface area contributed by atoms with Gasteiger partial charge in [-0.05, 0) is 20.0 Å². The lowest BCUT2D eigenvalue weighted by Crippen LogP contribution is -2.21. The van der Waals surface area contributed by atoms with Crippen LogP contribution in [-0.4, -0.2) is 38.3 Å². The second-order valence-electron chi connectivity index (χ2n) is 3.40. The molecule has 0 aliphatic carbocycles. The van der Waals surface area contributed by atoms with Crippen molar-refractivity contribution in [1.29, 1.82) is 0 Å². The zero-order valence-corrected chi connectivity index (χ0v) is 10.4. The van der Waals surface area contributed by atoms with Crippen LogP contribution < -0.4 is 10.0 Å². The van der Waals surface area contributed by atoms with Gasteiger partial charge in [0.1, 0.15) is 4.90 Å². The van der Waals surface area contributed by atoms with Gasteiger partial charge in [-0.25, -0.2) is 13.1 Å². The third-order valence-electron chi connectivity index (χ3n) is 2.13. The average molecular weight is 246 g/mol. The average Bonchev–Trinajstić information content (AvgIpc) is 2.74. The Kier molecular flexibility index (Phi) is 4.91. The van der Waals surface area contributed by atoms with E-state index in [1.54, 1.807) is 4.68 Å². The number of hydrogen-bond acceptors (Lipinski definition) is 4. The van der Waals surface area contributed by atoms with Gasteiger partial charge in [-0.3, -0.25) is 4.68 Å². The Balaban J connectivity index is 2.52. The zero-order valence-electron chi connectivity index (χ0n) is 9.60. The van der Waals surface area contributed by atoms with E-state index in [0.29, 0.717) is 6.54 Å². The topological polar surface area (TPSA) is 76.0 Å². The fraction of sp³-hybridized carbons (Fsp3) is 0.667. The molecule has 92 valence electrons. The van der Waals surface area contributed by atoms with Crippen LogP contribution in [0.3, 0.4) is 0 Å². The monoisotopic (exact) mass is 246 g/mol. The van der Waals surface area contributed by atoms with Crippen molar-refractivity contribution in [2.24, 2.45) is 0 Å². The molecule has 0 saturated carbocycles. The first kappa shape index (κ1) is 13.1. The summed E-state index contributed by atoms with van der Waals surface area (Å²) in [6.45, 7) is 4.51. The summed E-state index contributed by atoms with van der Waals surface area (Å²) in [5.74, 6) is 0. The lowest BCUT2D eigenvalue weighted by molar-refractivity contribution is 0.552. The van der Waals surface area contributed by atoms with Gasteiger partial charge in [-0.1, -0.05) is 6.92 Å². The fourth-order valence-electron chi connectivity index (χ4n) is 1.22. The second kappa shape index (κ2) is 5.97. The minimum absolute atomic E-state index is 0.200. The maximum atomic E-state index is 11.4. The Morgan fingerprint density at radius 2 is 2.19 bits per heavy atom. The van der Waals surface area contributed by atoms with Gasteiger partial charge in [0.05, 0.1) is 12.7 Å². The van der Waals surface area contributed by atoms with Gasteiger partial charge in [-0.2, -0.15) is 5.10 Å². The first-order valence-corrected chi connectivity index (χ1v) is 6.75. The summed E-state index contributed by atoms with van der Waals surface area (Å²) in [6.07, 6.45) is 3.96. The number of nitrogens with one attached hydrogen (secondary N) is 2. The number of nitrogens with zero attached hydrogens (tertiary/aromatic N) is 2. The van der Waals surface area contributed by atoms with Crippen LogP contribution in [0, 0.1) is 0 Å². The van der Waals surface area contributed by atoms with Gasteiger partial charge in [-0.15, -0.1) is 0 Å². The largest absolute Gasteiger partial charge is 0.315 e. The van der Waals surface area contributed by atoms with Crippen LogP contribution in [0.5, 0.6) is 0 Å². The highest BCUT2D eigenvalue weighted by Gasteiger charge is 2.13. The first-order chi connectivity index (χ1) is 7.60. The second-order valence-corrected chi connectivity index (χ2v) is 5.28. The van der Waals surface area contributed by atoms with Crippen molar-refractivity contribution < 1.29 is 8.42 Å². The maximum Gasteiger partial charge on any atom is 0.243 e. The molecule has 1 rings (SSSR count). The molecule has 2 N–H and O–H groups in total. The molecule has 0 aliphatic rings. The SMILES string of the molecule is CCCNCCn1cc(S(=O)(=O)NC)cn1. The molecule has 0 aliphatic heterocycles. The highest BCUT2D eigenvalue weighted by molar-refractivity contribution is 7.89. The molecule has 6 nitrogen and oxygen atoms in total. The summed E-state index contributed by atoms with van der Waals surface area (Å²) < 4.78 is 26.7. The third kappa shape index (κ3) is 3.58. The summed E-state index contributed by atoms with van der Waals surface area (Å²) >= 11 is 0. The van der Waals surface area contributed by atoms with E-state index >= 15 is 0 Å². The molecular formula is C9H18N4O2S. The van der Waals surface area contributed by atoms with Crippen molar-refractivity contribution in [3.63, 3.8) is 0 Å². The Morgan fingerprint density at radius 3 is 2.81 bits per heavy atom. The van der Waals surface area contributed by atoms with Crippen molar-refractivity contribution >= 4 is 10.0 Å². The van der Waals surface area contributed by atoms with E-state index in [1.807, 2.05) is 0 Å². The molecular weight excluding hydrogens is 228 g/mol. The summed E-state index contributed by atoms with van der Waals surface area (Å²) in [5, 5.41) is 7.21. The highest BCUT2D eigenvalue weighted by atomic mass is 32.2. The maximum absolute atomic E-state index is 11.4. The summed E-state index contributed by atoms with van der Waals surface area (Å²) in [7, 11) is -1.98. The predicted octanol–water partition coefficient (Wildman–Crippen LogP) is -0.209. The van der Waals surface area contributed by atoms with E-state index in [0.717, 1.165) is 19.5 Å². The minimum atomic E-state index is -3.37. The van der Waals surface area contributed by atoms with Crippen molar-refractivity contribution in [2.45, 2.75) is 24.8 Å². The lowest BCUT2D eigenvalue weighted by Gasteiger charge is -2.02.